The summed E-state index contributed by atoms with van der Waals surface area (Å²) in [5.41, 5.74) is 1.23. The van der Waals surface area contributed by atoms with Crippen molar-refractivity contribution in [2.45, 2.75) is 45.1 Å². The predicted octanol–water partition coefficient (Wildman–Crippen LogP) is 4.86. The lowest BCUT2D eigenvalue weighted by Gasteiger charge is -2.23. The zero-order valence-corrected chi connectivity index (χ0v) is 20.8. The van der Waals surface area contributed by atoms with Crippen LogP contribution < -0.4 is 15.1 Å². The number of fused-ring (bicyclic) bond motifs is 3. The Morgan fingerprint density at radius 1 is 0.971 bits per heavy atom. The van der Waals surface area contributed by atoms with Gasteiger partial charge in [0.25, 0.3) is 0 Å². The van der Waals surface area contributed by atoms with Crippen molar-refractivity contribution in [3.63, 3.8) is 0 Å². The number of aryl methyl sites for hydroxylation is 2. The van der Waals surface area contributed by atoms with Crippen LogP contribution in [0.25, 0.3) is 21.7 Å². The highest BCUT2D eigenvalue weighted by molar-refractivity contribution is 7.89. The summed E-state index contributed by atoms with van der Waals surface area (Å²) in [6, 6.07) is 15.8. The molecule has 0 fully saturated rings. The molecule has 4 rings (SSSR count). The van der Waals surface area contributed by atoms with Crippen LogP contribution in [0.3, 0.4) is 0 Å². The Balaban J connectivity index is 1.68. The van der Waals surface area contributed by atoms with E-state index in [1.54, 1.807) is 50.2 Å². The molecule has 1 N–H and O–H groups in total. The molecule has 0 amide bonds. The molecule has 0 saturated carbocycles. The summed E-state index contributed by atoms with van der Waals surface area (Å²) in [5, 5.41) is 1.92. The Bertz CT molecular complexity index is 1570. The molecule has 0 aliphatic carbocycles. The van der Waals surface area contributed by atoms with Crippen LogP contribution in [0.4, 0.5) is 0 Å². The molecular formula is C27H27NO6S. The lowest BCUT2D eigenvalue weighted by atomic mass is 10.0. The predicted molar refractivity (Wildman–Crippen MR) is 135 cm³/mol. The number of nitrogens with one attached hydrogen (secondary N) is 1. The third-order valence-corrected chi connectivity index (χ3v) is 7.74. The molecule has 182 valence electrons. The average Bonchev–Trinajstić information content (AvgIpc) is 2.84. The first-order valence-corrected chi connectivity index (χ1v) is 12.9. The van der Waals surface area contributed by atoms with Crippen molar-refractivity contribution >= 4 is 37.7 Å². The molecule has 4 aromatic rings. The van der Waals surface area contributed by atoms with Crippen LogP contribution in [-0.2, 0) is 14.8 Å². The van der Waals surface area contributed by atoms with Gasteiger partial charge in [-0.3, -0.25) is 0 Å². The Hall–Kier alpha value is -3.49. The van der Waals surface area contributed by atoms with E-state index in [1.807, 2.05) is 26.0 Å². The number of sulfonamides is 1. The lowest BCUT2D eigenvalue weighted by Crippen LogP contribution is -2.47. The van der Waals surface area contributed by atoms with Gasteiger partial charge < -0.3 is 9.15 Å². The fourth-order valence-electron chi connectivity index (χ4n) is 3.93. The first-order valence-electron chi connectivity index (χ1n) is 11.4. The van der Waals surface area contributed by atoms with Gasteiger partial charge in [-0.25, -0.2) is 18.0 Å². The van der Waals surface area contributed by atoms with E-state index in [9.17, 15) is 18.0 Å². The number of carbonyl (C=O) groups is 1. The van der Waals surface area contributed by atoms with E-state index in [1.165, 1.54) is 12.1 Å². The average molecular weight is 494 g/mol. The quantitative estimate of drug-likeness (QED) is 0.171. The van der Waals surface area contributed by atoms with E-state index < -0.39 is 27.7 Å². The van der Waals surface area contributed by atoms with E-state index in [2.05, 4.69) is 4.72 Å². The van der Waals surface area contributed by atoms with Gasteiger partial charge in [-0.15, -0.1) is 0 Å². The van der Waals surface area contributed by atoms with Gasteiger partial charge in [0.2, 0.25) is 10.0 Å². The summed E-state index contributed by atoms with van der Waals surface area (Å²) in [7, 11) is -3.95. The monoisotopic (exact) mass is 493 g/mol. The number of carbonyl (C=O) groups excluding carboxylic acids is 1. The number of ether oxygens (including phenoxy) is 1. The zero-order valence-electron chi connectivity index (χ0n) is 20.0. The molecule has 35 heavy (non-hydrogen) atoms. The molecule has 0 bridgehead atoms. The minimum Gasteiger partial charge on any atom is -0.425 e. The fourth-order valence-corrected chi connectivity index (χ4v) is 5.22. The van der Waals surface area contributed by atoms with Crippen LogP contribution in [0, 0.1) is 19.8 Å². The van der Waals surface area contributed by atoms with Gasteiger partial charge in [0.15, 0.2) is 0 Å². The van der Waals surface area contributed by atoms with E-state index in [0.29, 0.717) is 23.0 Å². The van der Waals surface area contributed by atoms with Crippen LogP contribution in [0.15, 0.2) is 74.8 Å². The van der Waals surface area contributed by atoms with E-state index in [-0.39, 0.29) is 16.6 Å². The van der Waals surface area contributed by atoms with Crippen molar-refractivity contribution in [3.8, 4) is 5.75 Å². The molecule has 1 aromatic heterocycles. The molecule has 2 atom stereocenters. The third kappa shape index (κ3) is 4.85. The van der Waals surface area contributed by atoms with Gasteiger partial charge in [0, 0.05) is 10.9 Å². The van der Waals surface area contributed by atoms with Crippen LogP contribution in [-0.4, -0.2) is 20.4 Å². The van der Waals surface area contributed by atoms with E-state index in [0.717, 1.165) is 16.3 Å². The van der Waals surface area contributed by atoms with Crippen molar-refractivity contribution in [3.05, 3.63) is 82.2 Å². The molecular weight excluding hydrogens is 466 g/mol. The molecule has 0 aliphatic heterocycles. The Morgan fingerprint density at radius 3 is 2.29 bits per heavy atom. The summed E-state index contributed by atoms with van der Waals surface area (Å²) in [5.74, 6) is -0.866. The molecule has 0 radical (unpaired) electrons. The minimum absolute atomic E-state index is 0.0692. The topological polar surface area (TPSA) is 103 Å². The lowest BCUT2D eigenvalue weighted by molar-refractivity contribution is -0.137. The van der Waals surface area contributed by atoms with Crippen LogP contribution in [0.2, 0.25) is 0 Å². The van der Waals surface area contributed by atoms with E-state index >= 15 is 0 Å². The first-order chi connectivity index (χ1) is 16.6. The van der Waals surface area contributed by atoms with Crippen molar-refractivity contribution in [2.24, 2.45) is 5.92 Å². The number of benzene rings is 3. The number of hydrogen-bond acceptors (Lipinski definition) is 6. The third-order valence-electron chi connectivity index (χ3n) is 6.28. The molecule has 3 aromatic carbocycles. The maximum atomic E-state index is 13.2. The SMILES string of the molecule is CC[C@H](C)[C@H](NS(=O)(=O)c1ccc(C)cc1)C(=O)Oc1ccc2c(oc(=O)c3ccccc32)c1C. The fraction of sp³-hybridized carbons (Fsp3) is 0.259. The Kier molecular flexibility index (Phi) is 6.78. The highest BCUT2D eigenvalue weighted by Crippen LogP contribution is 2.31. The second kappa shape index (κ2) is 9.64. The molecule has 0 aliphatic rings. The Labute approximate surface area is 203 Å². The van der Waals surface area contributed by atoms with E-state index in [4.69, 9.17) is 9.15 Å². The van der Waals surface area contributed by atoms with Gasteiger partial charge in [-0.2, -0.15) is 4.72 Å². The largest absolute Gasteiger partial charge is 0.425 e. The molecule has 1 heterocycles. The normalized spacial score (nSPS) is 13.6. The first kappa shape index (κ1) is 24.6. The number of esters is 1. The minimum atomic E-state index is -3.95. The summed E-state index contributed by atoms with van der Waals surface area (Å²) in [6.07, 6.45) is 0.549. The van der Waals surface area contributed by atoms with Crippen molar-refractivity contribution in [1.29, 1.82) is 0 Å². The second-order valence-electron chi connectivity index (χ2n) is 8.72. The van der Waals surface area contributed by atoms with Crippen molar-refractivity contribution in [1.82, 2.24) is 4.72 Å². The maximum Gasteiger partial charge on any atom is 0.344 e. The highest BCUT2D eigenvalue weighted by Gasteiger charge is 2.32. The molecule has 8 heteroatoms. The van der Waals surface area contributed by atoms with Gasteiger partial charge in [-0.1, -0.05) is 56.2 Å². The van der Waals surface area contributed by atoms with Crippen LogP contribution in [0.1, 0.15) is 31.4 Å². The Morgan fingerprint density at radius 2 is 1.63 bits per heavy atom. The van der Waals surface area contributed by atoms with Gasteiger partial charge in [0.05, 0.1) is 10.3 Å². The summed E-state index contributed by atoms with van der Waals surface area (Å²) >= 11 is 0. The number of hydrogen-bond donors (Lipinski definition) is 1. The van der Waals surface area contributed by atoms with Crippen molar-refractivity contribution in [2.75, 3.05) is 0 Å². The molecule has 0 saturated heterocycles. The molecule has 7 nitrogen and oxygen atoms in total. The maximum absolute atomic E-state index is 13.2. The molecule has 0 spiro atoms. The van der Waals surface area contributed by atoms with Gasteiger partial charge >= 0.3 is 11.6 Å². The zero-order chi connectivity index (χ0) is 25.3. The van der Waals surface area contributed by atoms with Crippen LogP contribution in [0.5, 0.6) is 5.75 Å². The van der Waals surface area contributed by atoms with Gasteiger partial charge in [0.1, 0.15) is 17.4 Å². The summed E-state index contributed by atoms with van der Waals surface area (Å²) < 4.78 is 39.7. The standard InChI is InChI=1S/C27H27NO6S/c1-5-17(3)24(28-35(31,32)19-12-10-16(2)11-13-19)27(30)33-23-15-14-21-20-8-6-7-9-22(20)26(29)34-25(21)18(23)4/h6-15,17,24,28H,5H2,1-4H3/t17-,24-/m0/s1. The highest BCUT2D eigenvalue weighted by atomic mass is 32.2. The summed E-state index contributed by atoms with van der Waals surface area (Å²) in [6.45, 7) is 7.20. The van der Waals surface area contributed by atoms with Crippen molar-refractivity contribution < 1.29 is 22.4 Å². The summed E-state index contributed by atoms with van der Waals surface area (Å²) in [4.78, 5) is 25.7. The molecule has 0 unspecified atom stereocenters. The second-order valence-corrected chi connectivity index (χ2v) is 10.4. The van der Waals surface area contributed by atoms with Crippen LogP contribution >= 0.6 is 0 Å². The smallest absolute Gasteiger partial charge is 0.344 e. The number of rotatable bonds is 7. The van der Waals surface area contributed by atoms with Gasteiger partial charge in [-0.05, 0) is 55.5 Å².